The molecule has 1 aliphatic rings. The highest BCUT2D eigenvalue weighted by atomic mass is 19.1. The number of fused-ring (bicyclic) bond motifs is 4. The quantitative estimate of drug-likeness (QED) is 0.246. The maximum absolute atomic E-state index is 14.4. The summed E-state index contributed by atoms with van der Waals surface area (Å²) >= 11 is 0. The molecule has 0 saturated heterocycles. The lowest BCUT2D eigenvalue weighted by molar-refractivity contribution is -0.137. The van der Waals surface area contributed by atoms with Crippen LogP contribution in [0.25, 0.3) is 21.7 Å². The summed E-state index contributed by atoms with van der Waals surface area (Å²) < 4.78 is 16.2. The molecule has 0 spiro atoms. The number of amides is 1. The molecule has 0 fully saturated rings. The van der Waals surface area contributed by atoms with Crippen LogP contribution in [-0.4, -0.2) is 32.5 Å². The zero-order valence-electron chi connectivity index (χ0n) is 22.2. The first-order valence-electron chi connectivity index (χ1n) is 13.8. The van der Waals surface area contributed by atoms with E-state index in [1.807, 2.05) is 53.4 Å². The monoisotopic (exact) mass is 534 g/mol. The molecular formula is C34H31FN2O3. The smallest absolute Gasteiger partial charge is 0.323 e. The van der Waals surface area contributed by atoms with Crippen LogP contribution in [0.15, 0.2) is 91.0 Å². The van der Waals surface area contributed by atoms with Crippen molar-refractivity contribution in [3.8, 4) is 0 Å². The number of hydrogen-bond acceptors (Lipinski definition) is 2. The van der Waals surface area contributed by atoms with Gasteiger partial charge in [-0.25, -0.2) is 4.39 Å². The van der Waals surface area contributed by atoms with Crippen molar-refractivity contribution >= 4 is 33.6 Å². The number of carboxylic acid groups (broad SMARTS) is 1. The molecule has 0 bridgehead atoms. The fourth-order valence-electron chi connectivity index (χ4n) is 6.26. The Balaban J connectivity index is 1.36. The second-order valence-corrected chi connectivity index (χ2v) is 10.6. The van der Waals surface area contributed by atoms with Crippen molar-refractivity contribution in [2.24, 2.45) is 0 Å². The van der Waals surface area contributed by atoms with E-state index in [1.165, 1.54) is 12.1 Å². The molecule has 1 heterocycles. The third kappa shape index (κ3) is 5.09. The predicted octanol–water partition coefficient (Wildman–Crippen LogP) is 6.54. The number of benzene rings is 4. The molecule has 1 N–H and O–H groups in total. The van der Waals surface area contributed by atoms with E-state index in [4.69, 9.17) is 0 Å². The Kier molecular flexibility index (Phi) is 7.08. The molecule has 1 amide bonds. The molecule has 6 rings (SSSR count). The number of carbonyl (C=O) groups is 2. The SMILES string of the molecule is O=C(O)Cn1c2c(c3cc(F)ccc31)C[C@@H](N(Cc1cccc3ccccc13)C(=O)CCc1ccccc1)CC2. The van der Waals surface area contributed by atoms with E-state index in [0.717, 1.165) is 44.1 Å². The summed E-state index contributed by atoms with van der Waals surface area (Å²) in [6.07, 6.45) is 2.96. The van der Waals surface area contributed by atoms with Crippen molar-refractivity contribution in [2.75, 3.05) is 0 Å². The van der Waals surface area contributed by atoms with E-state index in [0.29, 0.717) is 38.6 Å². The van der Waals surface area contributed by atoms with Crippen LogP contribution >= 0.6 is 0 Å². The Labute approximate surface area is 232 Å². The molecule has 0 saturated carbocycles. The number of carbonyl (C=O) groups excluding carboxylic acids is 1. The van der Waals surface area contributed by atoms with Crippen molar-refractivity contribution in [1.82, 2.24) is 9.47 Å². The van der Waals surface area contributed by atoms with E-state index in [2.05, 4.69) is 24.3 Å². The fourth-order valence-corrected chi connectivity index (χ4v) is 6.26. The number of aryl methyl sites for hydroxylation is 1. The minimum atomic E-state index is -0.931. The lowest BCUT2D eigenvalue weighted by atomic mass is 9.89. The minimum absolute atomic E-state index is 0.0816. The van der Waals surface area contributed by atoms with Crippen LogP contribution < -0.4 is 0 Å². The zero-order chi connectivity index (χ0) is 27.6. The number of hydrogen-bond donors (Lipinski definition) is 1. The lowest BCUT2D eigenvalue weighted by Gasteiger charge is -2.35. The minimum Gasteiger partial charge on any atom is -0.480 e. The van der Waals surface area contributed by atoms with Crippen LogP contribution in [0.4, 0.5) is 4.39 Å². The summed E-state index contributed by atoms with van der Waals surface area (Å²) in [5.41, 5.74) is 4.83. The van der Waals surface area contributed by atoms with Gasteiger partial charge in [0.25, 0.3) is 0 Å². The number of aromatic nitrogens is 1. The first-order chi connectivity index (χ1) is 19.5. The van der Waals surface area contributed by atoms with E-state index in [1.54, 1.807) is 10.6 Å². The Morgan fingerprint density at radius 1 is 0.925 bits per heavy atom. The summed E-state index contributed by atoms with van der Waals surface area (Å²) in [6, 6.07) is 28.9. The fraction of sp³-hybridized carbons (Fsp3) is 0.235. The van der Waals surface area contributed by atoms with Crippen LogP contribution in [0.3, 0.4) is 0 Å². The third-order valence-electron chi connectivity index (χ3n) is 8.15. The molecule has 5 nitrogen and oxygen atoms in total. The van der Waals surface area contributed by atoms with Crippen molar-refractivity contribution in [3.05, 3.63) is 119 Å². The molecule has 0 unspecified atom stereocenters. The molecule has 40 heavy (non-hydrogen) atoms. The Morgan fingerprint density at radius 3 is 2.52 bits per heavy atom. The van der Waals surface area contributed by atoms with Gasteiger partial charge in [0.2, 0.25) is 5.91 Å². The molecule has 1 aromatic heterocycles. The first-order valence-corrected chi connectivity index (χ1v) is 13.8. The lowest BCUT2D eigenvalue weighted by Crippen LogP contribution is -2.43. The number of carboxylic acids is 1. The molecule has 0 aliphatic heterocycles. The highest BCUT2D eigenvalue weighted by Gasteiger charge is 2.32. The van der Waals surface area contributed by atoms with Gasteiger partial charge in [-0.3, -0.25) is 9.59 Å². The van der Waals surface area contributed by atoms with Crippen molar-refractivity contribution in [1.29, 1.82) is 0 Å². The van der Waals surface area contributed by atoms with Gasteiger partial charge >= 0.3 is 5.97 Å². The first kappa shape index (κ1) is 25.8. The normalized spacial score (nSPS) is 14.8. The highest BCUT2D eigenvalue weighted by Crippen LogP contribution is 2.35. The van der Waals surface area contributed by atoms with Crippen LogP contribution in [-0.2, 0) is 41.9 Å². The number of halogens is 1. The van der Waals surface area contributed by atoms with Crippen molar-refractivity contribution < 1.29 is 19.1 Å². The van der Waals surface area contributed by atoms with Crippen LogP contribution in [0, 0.1) is 5.82 Å². The van der Waals surface area contributed by atoms with Gasteiger partial charge in [-0.05, 0) is 71.3 Å². The van der Waals surface area contributed by atoms with Gasteiger partial charge in [-0.2, -0.15) is 0 Å². The second-order valence-electron chi connectivity index (χ2n) is 10.6. The van der Waals surface area contributed by atoms with E-state index in [9.17, 15) is 19.1 Å². The Hall–Kier alpha value is -4.45. The summed E-state index contributed by atoms with van der Waals surface area (Å²) in [7, 11) is 0. The van der Waals surface area contributed by atoms with Gasteiger partial charge in [0.15, 0.2) is 0 Å². The standard InChI is InChI=1S/C34H31FN2O3/c35-26-14-16-31-29(19-26)30-20-27(15-17-32(30)37(31)22-34(39)40)36(33(38)18-13-23-7-2-1-3-8-23)21-25-11-6-10-24-9-4-5-12-28(24)25/h1-12,14,16,19,27H,13,15,17-18,20-22H2,(H,39,40)/t27-/m0/s1. The van der Waals surface area contributed by atoms with Crippen molar-refractivity contribution in [3.63, 3.8) is 0 Å². The third-order valence-corrected chi connectivity index (χ3v) is 8.15. The molecule has 4 aromatic carbocycles. The van der Waals surface area contributed by atoms with Gasteiger partial charge in [0, 0.05) is 35.6 Å². The van der Waals surface area contributed by atoms with Crippen LogP contribution in [0.5, 0.6) is 0 Å². The summed E-state index contributed by atoms with van der Waals surface area (Å²) in [5.74, 6) is -1.19. The summed E-state index contributed by atoms with van der Waals surface area (Å²) in [5, 5.41) is 12.6. The summed E-state index contributed by atoms with van der Waals surface area (Å²) in [6.45, 7) is 0.314. The predicted molar refractivity (Wildman–Crippen MR) is 155 cm³/mol. The van der Waals surface area contributed by atoms with Gasteiger partial charge < -0.3 is 14.6 Å². The molecule has 1 atom stereocenters. The molecule has 202 valence electrons. The van der Waals surface area contributed by atoms with E-state index in [-0.39, 0.29) is 24.3 Å². The molecular weight excluding hydrogens is 503 g/mol. The Bertz CT molecular complexity index is 1700. The van der Waals surface area contributed by atoms with Crippen LogP contribution in [0.2, 0.25) is 0 Å². The topological polar surface area (TPSA) is 62.5 Å². The average molecular weight is 535 g/mol. The molecule has 0 radical (unpaired) electrons. The maximum atomic E-state index is 14.4. The Morgan fingerprint density at radius 2 is 1.70 bits per heavy atom. The van der Waals surface area contributed by atoms with E-state index < -0.39 is 5.97 Å². The average Bonchev–Trinajstić information content (AvgIpc) is 3.26. The van der Waals surface area contributed by atoms with E-state index >= 15 is 0 Å². The number of aliphatic carboxylic acids is 1. The molecule has 6 heteroatoms. The second kappa shape index (κ2) is 11.0. The zero-order valence-corrected chi connectivity index (χ0v) is 22.2. The summed E-state index contributed by atoms with van der Waals surface area (Å²) in [4.78, 5) is 27.6. The van der Waals surface area contributed by atoms with Gasteiger partial charge in [-0.1, -0.05) is 72.8 Å². The highest BCUT2D eigenvalue weighted by molar-refractivity contribution is 5.88. The van der Waals surface area contributed by atoms with Gasteiger partial charge in [-0.15, -0.1) is 0 Å². The largest absolute Gasteiger partial charge is 0.480 e. The van der Waals surface area contributed by atoms with Crippen molar-refractivity contribution in [2.45, 2.75) is 51.2 Å². The maximum Gasteiger partial charge on any atom is 0.323 e. The van der Waals surface area contributed by atoms with Crippen LogP contribution in [0.1, 0.15) is 35.2 Å². The molecule has 5 aromatic rings. The van der Waals surface area contributed by atoms with Gasteiger partial charge in [0.1, 0.15) is 12.4 Å². The number of nitrogens with zero attached hydrogens (tertiary/aromatic N) is 2. The van der Waals surface area contributed by atoms with Gasteiger partial charge in [0.05, 0.1) is 0 Å². The number of rotatable bonds is 8. The molecule has 1 aliphatic carbocycles.